The van der Waals surface area contributed by atoms with E-state index in [0.29, 0.717) is 27.9 Å². The number of anilines is 2. The van der Waals surface area contributed by atoms with E-state index in [9.17, 15) is 14.9 Å². The molecule has 0 saturated carbocycles. The fraction of sp³-hybridized carbons (Fsp3) is 0.409. The lowest BCUT2D eigenvalue weighted by atomic mass is 9.89. The minimum atomic E-state index is -0.650. The van der Waals surface area contributed by atoms with Crippen LogP contribution in [0.5, 0.6) is 5.75 Å². The highest BCUT2D eigenvalue weighted by molar-refractivity contribution is 7.16. The zero-order valence-electron chi connectivity index (χ0n) is 16.7. The molecule has 0 fully saturated rings. The molecule has 0 saturated heterocycles. The molecule has 1 aromatic carbocycles. The summed E-state index contributed by atoms with van der Waals surface area (Å²) in [5, 5.41) is 13.1. The van der Waals surface area contributed by atoms with E-state index in [0.717, 1.165) is 30.4 Å². The number of hydrogen-bond donors (Lipinski definition) is 1. The first kappa shape index (κ1) is 19.5. The highest BCUT2D eigenvalue weighted by Gasteiger charge is 2.33. The minimum Gasteiger partial charge on any atom is -0.479 e. The van der Waals surface area contributed by atoms with Gasteiger partial charge in [0.2, 0.25) is 5.91 Å². The summed E-state index contributed by atoms with van der Waals surface area (Å²) in [4.78, 5) is 28.2. The van der Waals surface area contributed by atoms with Gasteiger partial charge < -0.3 is 10.1 Å². The van der Waals surface area contributed by atoms with E-state index in [1.807, 2.05) is 25.1 Å². The molecule has 2 amide bonds. The van der Waals surface area contributed by atoms with Gasteiger partial charge in [0, 0.05) is 4.88 Å². The van der Waals surface area contributed by atoms with Gasteiger partial charge in [-0.2, -0.15) is 5.26 Å². The third-order valence-electron chi connectivity index (χ3n) is 5.50. The highest BCUT2D eigenvalue weighted by atomic mass is 32.1. The van der Waals surface area contributed by atoms with E-state index in [-0.39, 0.29) is 18.4 Å². The molecule has 1 N–H and O–H groups in total. The summed E-state index contributed by atoms with van der Waals surface area (Å²) < 4.78 is 5.67. The maximum atomic E-state index is 12.8. The van der Waals surface area contributed by atoms with Crippen molar-refractivity contribution < 1.29 is 14.3 Å². The average Bonchev–Trinajstić information content (AvgIpc) is 3.01. The summed E-state index contributed by atoms with van der Waals surface area (Å²) in [6, 6.07) is 7.84. The van der Waals surface area contributed by atoms with Gasteiger partial charge in [0.15, 0.2) is 6.10 Å². The van der Waals surface area contributed by atoms with Crippen LogP contribution in [-0.4, -0.2) is 24.5 Å². The number of carbonyl (C=O) groups is 2. The molecule has 2 aliphatic rings. The van der Waals surface area contributed by atoms with Gasteiger partial charge in [0.25, 0.3) is 5.91 Å². The topological polar surface area (TPSA) is 82.4 Å². The number of amides is 2. The van der Waals surface area contributed by atoms with Crippen LogP contribution in [0.1, 0.15) is 41.8 Å². The number of ether oxygens (including phenoxy) is 1. The van der Waals surface area contributed by atoms with E-state index in [1.54, 1.807) is 6.92 Å². The fourth-order valence-corrected chi connectivity index (χ4v) is 5.32. The summed E-state index contributed by atoms with van der Waals surface area (Å²) in [7, 11) is 0. The largest absolute Gasteiger partial charge is 0.479 e. The van der Waals surface area contributed by atoms with Crippen molar-refractivity contribution in [1.29, 1.82) is 5.26 Å². The molecule has 2 atom stereocenters. The predicted molar refractivity (Wildman–Crippen MR) is 112 cm³/mol. The molecule has 4 rings (SSSR count). The number of thiophene rings is 1. The second-order valence-electron chi connectivity index (χ2n) is 7.87. The van der Waals surface area contributed by atoms with Crippen molar-refractivity contribution in [2.24, 2.45) is 5.92 Å². The molecule has 29 heavy (non-hydrogen) atoms. The number of fused-ring (bicyclic) bond motifs is 2. The molecular weight excluding hydrogens is 386 g/mol. The lowest BCUT2D eigenvalue weighted by Crippen LogP contribution is -2.47. The number of aryl methyl sites for hydroxylation is 1. The summed E-state index contributed by atoms with van der Waals surface area (Å²) in [6.07, 6.45) is 2.22. The van der Waals surface area contributed by atoms with Crippen molar-refractivity contribution in [3.05, 3.63) is 39.8 Å². The Hall–Kier alpha value is -2.85. The number of nitrogens with one attached hydrogen (secondary N) is 1. The van der Waals surface area contributed by atoms with Gasteiger partial charge in [-0.05, 0) is 62.3 Å². The maximum absolute atomic E-state index is 12.8. The lowest BCUT2D eigenvalue weighted by molar-refractivity contribution is -0.127. The summed E-state index contributed by atoms with van der Waals surface area (Å²) >= 11 is 1.49. The molecule has 150 valence electrons. The van der Waals surface area contributed by atoms with Crippen LogP contribution >= 0.6 is 11.3 Å². The van der Waals surface area contributed by atoms with Crippen molar-refractivity contribution in [1.82, 2.24) is 0 Å². The van der Waals surface area contributed by atoms with Crippen LogP contribution in [0.25, 0.3) is 0 Å². The van der Waals surface area contributed by atoms with Gasteiger partial charge in [-0.25, -0.2) is 0 Å². The average molecular weight is 410 g/mol. The molecule has 1 aliphatic heterocycles. The molecule has 6 nitrogen and oxygen atoms in total. The maximum Gasteiger partial charge on any atom is 0.268 e. The van der Waals surface area contributed by atoms with Gasteiger partial charge >= 0.3 is 0 Å². The lowest BCUT2D eigenvalue weighted by Gasteiger charge is -2.32. The number of rotatable bonds is 3. The Labute approximate surface area is 174 Å². The van der Waals surface area contributed by atoms with E-state index in [2.05, 4.69) is 18.3 Å². The fourth-order valence-electron chi connectivity index (χ4n) is 3.95. The zero-order valence-corrected chi connectivity index (χ0v) is 17.6. The van der Waals surface area contributed by atoms with E-state index >= 15 is 0 Å². The van der Waals surface area contributed by atoms with E-state index < -0.39 is 6.10 Å². The number of benzene rings is 1. The molecule has 1 aliphatic carbocycles. The first-order valence-corrected chi connectivity index (χ1v) is 10.6. The third-order valence-corrected chi connectivity index (χ3v) is 6.67. The monoisotopic (exact) mass is 409 g/mol. The molecule has 2 aromatic rings. The van der Waals surface area contributed by atoms with Crippen molar-refractivity contribution in [3.8, 4) is 11.8 Å². The molecular formula is C22H23N3O3S. The number of carbonyl (C=O) groups excluding carboxylic acids is 2. The van der Waals surface area contributed by atoms with Crippen LogP contribution in [0, 0.1) is 24.2 Å². The number of nitriles is 1. The molecule has 0 radical (unpaired) electrons. The Morgan fingerprint density at radius 2 is 2.21 bits per heavy atom. The molecule has 0 bridgehead atoms. The Balaban J connectivity index is 1.57. The Bertz CT molecular complexity index is 1040. The normalized spacial score (nSPS) is 20.3. The van der Waals surface area contributed by atoms with Crippen LogP contribution in [0.15, 0.2) is 18.2 Å². The van der Waals surface area contributed by atoms with Crippen LogP contribution < -0.4 is 15.0 Å². The summed E-state index contributed by atoms with van der Waals surface area (Å²) in [5.74, 6) is 0.610. The summed E-state index contributed by atoms with van der Waals surface area (Å²) in [6.45, 7) is 5.69. The molecule has 7 heteroatoms. The number of hydrogen-bond acceptors (Lipinski definition) is 5. The predicted octanol–water partition coefficient (Wildman–Crippen LogP) is 3.81. The van der Waals surface area contributed by atoms with Crippen LogP contribution in [-0.2, 0) is 22.4 Å². The number of nitrogens with zero attached hydrogens (tertiary/aromatic N) is 2. The van der Waals surface area contributed by atoms with Crippen molar-refractivity contribution in [3.63, 3.8) is 0 Å². The third kappa shape index (κ3) is 3.60. The second-order valence-corrected chi connectivity index (χ2v) is 8.98. The van der Waals surface area contributed by atoms with Crippen LogP contribution in [0.2, 0.25) is 0 Å². The molecule has 0 spiro atoms. The van der Waals surface area contributed by atoms with Crippen molar-refractivity contribution >= 4 is 33.8 Å². The van der Waals surface area contributed by atoms with E-state index in [1.165, 1.54) is 21.1 Å². The van der Waals surface area contributed by atoms with Crippen LogP contribution in [0.4, 0.5) is 10.7 Å². The Kier molecular flexibility index (Phi) is 5.05. The smallest absolute Gasteiger partial charge is 0.268 e. The second kappa shape index (κ2) is 7.53. The summed E-state index contributed by atoms with van der Waals surface area (Å²) in [5.41, 5.74) is 3.22. The van der Waals surface area contributed by atoms with Gasteiger partial charge in [-0.15, -0.1) is 11.3 Å². The zero-order chi connectivity index (χ0) is 20.7. The molecule has 1 aromatic heterocycles. The Morgan fingerprint density at radius 1 is 1.41 bits per heavy atom. The first-order valence-electron chi connectivity index (χ1n) is 9.80. The first-order chi connectivity index (χ1) is 13.9. The molecule has 2 unspecified atom stereocenters. The van der Waals surface area contributed by atoms with Crippen LogP contribution in [0.3, 0.4) is 0 Å². The van der Waals surface area contributed by atoms with E-state index in [4.69, 9.17) is 4.74 Å². The van der Waals surface area contributed by atoms with Gasteiger partial charge in [0.05, 0.1) is 11.3 Å². The quantitative estimate of drug-likeness (QED) is 0.836. The van der Waals surface area contributed by atoms with Crippen molar-refractivity contribution in [2.45, 2.75) is 46.1 Å². The van der Waals surface area contributed by atoms with Gasteiger partial charge in [-0.3, -0.25) is 14.5 Å². The minimum absolute atomic E-state index is 0.118. The van der Waals surface area contributed by atoms with Gasteiger partial charge in [-0.1, -0.05) is 13.0 Å². The Morgan fingerprint density at radius 3 is 2.97 bits per heavy atom. The standard InChI is InChI=1S/C22H23N3O3S/c1-12-5-7-18-17(8-12)25(22(27)14(3)28-18)11-20(26)24-21-16(10-23)15-6-4-13(2)9-19(15)29-21/h5,7-8,13-14H,4,6,9,11H2,1-3H3,(H,24,26). The van der Waals surface area contributed by atoms with Crippen molar-refractivity contribution in [2.75, 3.05) is 16.8 Å². The molecule has 2 heterocycles. The van der Waals surface area contributed by atoms with Gasteiger partial charge in [0.1, 0.15) is 23.4 Å². The highest BCUT2D eigenvalue weighted by Crippen LogP contribution is 2.39. The SMILES string of the molecule is Cc1ccc2c(c1)N(CC(=O)Nc1sc3c(c1C#N)CCC(C)C3)C(=O)C(C)O2.